The molecule has 0 saturated carbocycles. The molecule has 2 aromatic rings. The largest absolute Gasteiger partial charge is 0.388 e. The number of carbonyl (C=O) groups is 1. The lowest BCUT2D eigenvalue weighted by atomic mass is 9.95. The van der Waals surface area contributed by atoms with E-state index in [1.807, 2.05) is 19.9 Å². The maximum Gasteiger partial charge on any atom is 0.163 e. The molecule has 2 rings (SSSR count). The highest BCUT2D eigenvalue weighted by molar-refractivity contribution is 6.02. The van der Waals surface area contributed by atoms with Crippen molar-refractivity contribution < 1.29 is 9.90 Å². The number of aromatic amines is 1. The molecular weight excluding hydrogens is 240 g/mol. The fourth-order valence-electron chi connectivity index (χ4n) is 2.50. The molecule has 0 aliphatic carbocycles. The molecule has 0 atom stereocenters. The maximum absolute atomic E-state index is 12.3. The average molecular weight is 260 g/mol. The summed E-state index contributed by atoms with van der Waals surface area (Å²) in [6.07, 6.45) is 2.52. The molecule has 1 aromatic heterocycles. The van der Waals surface area contributed by atoms with Crippen LogP contribution in [-0.4, -0.2) is 20.9 Å². The van der Waals surface area contributed by atoms with Gasteiger partial charge < -0.3 is 10.1 Å². The highest BCUT2D eigenvalue weighted by atomic mass is 16.3. The number of nitrogens with zero attached hydrogens (tertiary/aromatic N) is 1. The predicted octanol–water partition coefficient (Wildman–Crippen LogP) is 3.04. The molecule has 0 amide bonds. The van der Waals surface area contributed by atoms with E-state index in [-0.39, 0.29) is 12.4 Å². The number of aliphatic hydroxyl groups is 1. The van der Waals surface area contributed by atoms with Crippen molar-refractivity contribution in [3.8, 4) is 0 Å². The molecule has 0 bridgehead atoms. The number of imidazole rings is 1. The van der Waals surface area contributed by atoms with Crippen LogP contribution in [0, 0.1) is 13.8 Å². The van der Waals surface area contributed by atoms with Gasteiger partial charge in [0.2, 0.25) is 0 Å². The number of aromatic nitrogens is 2. The second kappa shape index (κ2) is 5.53. The molecule has 0 unspecified atom stereocenters. The van der Waals surface area contributed by atoms with E-state index < -0.39 is 0 Å². The van der Waals surface area contributed by atoms with Crippen LogP contribution in [0.1, 0.15) is 53.5 Å². The normalized spacial score (nSPS) is 11.2. The van der Waals surface area contributed by atoms with Crippen molar-refractivity contribution in [2.24, 2.45) is 0 Å². The summed E-state index contributed by atoms with van der Waals surface area (Å²) >= 11 is 0. The molecule has 0 aliphatic rings. The number of Topliss-reactive ketones (excluding diaryl/α,β-unsaturated/α-hetero) is 1. The SMILES string of the molecule is CCCCC(=O)c1c(C)cc2[nH]c(CO)nc2c1C. The topological polar surface area (TPSA) is 66.0 Å². The van der Waals surface area contributed by atoms with Gasteiger partial charge >= 0.3 is 0 Å². The molecule has 2 N–H and O–H groups in total. The van der Waals surface area contributed by atoms with Crippen LogP contribution in [0.2, 0.25) is 0 Å². The van der Waals surface area contributed by atoms with Crippen LogP contribution in [0.25, 0.3) is 11.0 Å². The molecule has 1 heterocycles. The number of nitrogens with one attached hydrogen (secondary N) is 1. The first-order valence-corrected chi connectivity index (χ1v) is 6.71. The van der Waals surface area contributed by atoms with E-state index in [0.29, 0.717) is 12.2 Å². The zero-order valence-corrected chi connectivity index (χ0v) is 11.7. The molecule has 1 aromatic carbocycles. The molecule has 4 heteroatoms. The van der Waals surface area contributed by atoms with Crippen LogP contribution in [0.4, 0.5) is 0 Å². The van der Waals surface area contributed by atoms with Gasteiger partial charge in [-0.1, -0.05) is 13.3 Å². The summed E-state index contributed by atoms with van der Waals surface area (Å²) in [5.74, 6) is 0.725. The van der Waals surface area contributed by atoms with E-state index in [4.69, 9.17) is 5.11 Å². The summed E-state index contributed by atoms with van der Waals surface area (Å²) in [4.78, 5) is 19.7. The molecule has 19 heavy (non-hydrogen) atoms. The minimum atomic E-state index is -0.119. The van der Waals surface area contributed by atoms with Crippen LogP contribution in [-0.2, 0) is 6.61 Å². The third kappa shape index (κ3) is 2.54. The van der Waals surface area contributed by atoms with E-state index in [1.165, 1.54) is 0 Å². The van der Waals surface area contributed by atoms with Gasteiger partial charge in [-0.2, -0.15) is 0 Å². The Bertz CT molecular complexity index is 614. The zero-order chi connectivity index (χ0) is 14.0. The van der Waals surface area contributed by atoms with Gasteiger partial charge in [-0.25, -0.2) is 4.98 Å². The van der Waals surface area contributed by atoms with E-state index in [0.717, 1.165) is 40.6 Å². The minimum absolute atomic E-state index is 0.119. The molecule has 0 aliphatic heterocycles. The number of unbranched alkanes of at least 4 members (excludes halogenated alkanes) is 1. The Hall–Kier alpha value is -1.68. The van der Waals surface area contributed by atoms with Gasteiger partial charge in [0.1, 0.15) is 12.4 Å². The molecular formula is C15H20N2O2. The number of aryl methyl sites for hydroxylation is 2. The Balaban J connectivity index is 2.52. The van der Waals surface area contributed by atoms with Gasteiger partial charge in [0.25, 0.3) is 0 Å². The number of hydrogen-bond acceptors (Lipinski definition) is 3. The standard InChI is InChI=1S/C15H20N2O2/c1-4-5-6-12(19)14-9(2)7-11-15(10(14)3)17-13(8-18)16-11/h7,18H,4-6,8H2,1-3H3,(H,16,17). The van der Waals surface area contributed by atoms with Crippen LogP contribution in [0.15, 0.2) is 6.07 Å². The fourth-order valence-corrected chi connectivity index (χ4v) is 2.50. The lowest BCUT2D eigenvalue weighted by molar-refractivity contribution is 0.0978. The Morgan fingerprint density at radius 3 is 2.79 bits per heavy atom. The first-order valence-electron chi connectivity index (χ1n) is 6.71. The summed E-state index contributed by atoms with van der Waals surface area (Å²) in [7, 11) is 0. The molecule has 102 valence electrons. The summed E-state index contributed by atoms with van der Waals surface area (Å²) in [5.41, 5.74) is 4.34. The first-order chi connectivity index (χ1) is 9.08. The van der Waals surface area contributed by atoms with Crippen LogP contribution in [0.3, 0.4) is 0 Å². The number of hydrogen-bond donors (Lipinski definition) is 2. The number of H-pyrrole nitrogens is 1. The van der Waals surface area contributed by atoms with Gasteiger partial charge in [0, 0.05) is 12.0 Å². The first kappa shape index (κ1) is 13.7. The quantitative estimate of drug-likeness (QED) is 0.812. The maximum atomic E-state index is 12.3. The summed E-state index contributed by atoms with van der Waals surface area (Å²) in [5, 5.41) is 9.13. The average Bonchev–Trinajstić information content (AvgIpc) is 2.79. The molecule has 0 radical (unpaired) electrons. The van der Waals surface area contributed by atoms with E-state index in [2.05, 4.69) is 16.9 Å². The van der Waals surface area contributed by atoms with Crippen molar-refractivity contribution in [2.45, 2.75) is 46.6 Å². The zero-order valence-electron chi connectivity index (χ0n) is 11.7. The van der Waals surface area contributed by atoms with Crippen LogP contribution >= 0.6 is 0 Å². The van der Waals surface area contributed by atoms with Crippen molar-refractivity contribution in [1.82, 2.24) is 9.97 Å². The van der Waals surface area contributed by atoms with Gasteiger partial charge in [-0.15, -0.1) is 0 Å². The van der Waals surface area contributed by atoms with Crippen molar-refractivity contribution in [3.63, 3.8) is 0 Å². The van der Waals surface area contributed by atoms with Crippen LogP contribution < -0.4 is 0 Å². The second-order valence-corrected chi connectivity index (χ2v) is 4.96. The molecule has 0 saturated heterocycles. The van der Waals surface area contributed by atoms with E-state index >= 15 is 0 Å². The molecule has 0 fully saturated rings. The van der Waals surface area contributed by atoms with Gasteiger partial charge in [-0.05, 0) is 37.5 Å². The lowest BCUT2D eigenvalue weighted by Gasteiger charge is -2.09. The number of benzene rings is 1. The minimum Gasteiger partial charge on any atom is -0.388 e. The number of aliphatic hydroxyl groups excluding tert-OH is 1. The summed E-state index contributed by atoms with van der Waals surface area (Å²) in [6.45, 7) is 5.84. The van der Waals surface area contributed by atoms with Crippen molar-refractivity contribution in [1.29, 1.82) is 0 Å². The highest BCUT2D eigenvalue weighted by Gasteiger charge is 2.16. The smallest absolute Gasteiger partial charge is 0.163 e. The van der Waals surface area contributed by atoms with Crippen LogP contribution in [0.5, 0.6) is 0 Å². The Morgan fingerprint density at radius 1 is 1.42 bits per heavy atom. The summed E-state index contributed by atoms with van der Waals surface area (Å²) < 4.78 is 0. The number of ketones is 1. The van der Waals surface area contributed by atoms with Crippen molar-refractivity contribution in [3.05, 3.63) is 28.6 Å². The monoisotopic (exact) mass is 260 g/mol. The van der Waals surface area contributed by atoms with Gasteiger partial charge in [0.15, 0.2) is 5.78 Å². The molecule has 0 spiro atoms. The third-order valence-electron chi connectivity index (χ3n) is 3.45. The lowest BCUT2D eigenvalue weighted by Crippen LogP contribution is -2.05. The molecule has 4 nitrogen and oxygen atoms in total. The van der Waals surface area contributed by atoms with Gasteiger partial charge in [0.05, 0.1) is 11.0 Å². The summed E-state index contributed by atoms with van der Waals surface area (Å²) in [6, 6.07) is 1.94. The fraction of sp³-hybridized carbons (Fsp3) is 0.467. The number of carbonyl (C=O) groups excluding carboxylic acids is 1. The van der Waals surface area contributed by atoms with Crippen molar-refractivity contribution in [2.75, 3.05) is 0 Å². The second-order valence-electron chi connectivity index (χ2n) is 4.96. The van der Waals surface area contributed by atoms with E-state index in [9.17, 15) is 4.79 Å². The Labute approximate surface area is 112 Å². The van der Waals surface area contributed by atoms with E-state index in [1.54, 1.807) is 0 Å². The third-order valence-corrected chi connectivity index (χ3v) is 3.45. The van der Waals surface area contributed by atoms with Gasteiger partial charge in [-0.3, -0.25) is 4.79 Å². The number of rotatable bonds is 5. The Kier molecular flexibility index (Phi) is 4.00. The van der Waals surface area contributed by atoms with Crippen molar-refractivity contribution >= 4 is 16.8 Å². The predicted molar refractivity (Wildman–Crippen MR) is 75.3 cm³/mol. The highest BCUT2D eigenvalue weighted by Crippen LogP contribution is 2.25. The number of fused-ring (bicyclic) bond motifs is 1. The Morgan fingerprint density at radius 2 is 2.16 bits per heavy atom.